The average Bonchev–Trinajstić information content (AvgIpc) is 2.51. The van der Waals surface area contributed by atoms with Crippen molar-refractivity contribution >= 4 is 23.8 Å². The Labute approximate surface area is 118 Å². The van der Waals surface area contributed by atoms with E-state index in [4.69, 9.17) is 5.11 Å². The highest BCUT2D eigenvalue weighted by atomic mass is 16.4. The standard InChI is InChI=1S/C16H8O5/c17-7-8-1-3-10-12(5-8)14(18)11-4-2-9(16(20)21)6-13(11)15(10)19/h1-7H,(H,20,21). The molecule has 21 heavy (non-hydrogen) atoms. The van der Waals surface area contributed by atoms with Gasteiger partial charge in [-0.05, 0) is 30.3 Å². The second-order valence-corrected chi connectivity index (χ2v) is 4.65. The number of ketones is 2. The molecule has 1 N–H and O–H groups in total. The third-order valence-electron chi connectivity index (χ3n) is 3.42. The Bertz CT molecular complexity index is 833. The molecule has 0 fully saturated rings. The molecule has 0 bridgehead atoms. The quantitative estimate of drug-likeness (QED) is 0.725. The molecule has 0 spiro atoms. The van der Waals surface area contributed by atoms with Crippen LogP contribution in [0.1, 0.15) is 52.6 Å². The van der Waals surface area contributed by atoms with Crippen LogP contribution in [0.4, 0.5) is 0 Å². The predicted octanol–water partition coefficient (Wildman–Crippen LogP) is 1.97. The van der Waals surface area contributed by atoms with Crippen LogP contribution in [0.5, 0.6) is 0 Å². The zero-order valence-electron chi connectivity index (χ0n) is 10.6. The van der Waals surface area contributed by atoms with Crippen molar-refractivity contribution in [1.29, 1.82) is 0 Å². The minimum Gasteiger partial charge on any atom is -0.478 e. The number of benzene rings is 2. The molecule has 0 saturated heterocycles. The van der Waals surface area contributed by atoms with E-state index in [0.717, 1.165) is 0 Å². The maximum Gasteiger partial charge on any atom is 0.335 e. The van der Waals surface area contributed by atoms with Gasteiger partial charge in [-0.25, -0.2) is 4.79 Å². The summed E-state index contributed by atoms with van der Waals surface area (Å²) in [4.78, 5) is 46.5. The number of carboxylic acid groups (broad SMARTS) is 1. The lowest BCUT2D eigenvalue weighted by Crippen LogP contribution is -2.21. The fourth-order valence-corrected chi connectivity index (χ4v) is 2.37. The van der Waals surface area contributed by atoms with Crippen molar-refractivity contribution in [2.75, 3.05) is 0 Å². The molecule has 5 nitrogen and oxygen atoms in total. The summed E-state index contributed by atoms with van der Waals surface area (Å²) in [6.07, 6.45) is 0.598. The van der Waals surface area contributed by atoms with E-state index >= 15 is 0 Å². The molecule has 0 unspecified atom stereocenters. The number of carboxylic acids is 1. The first-order valence-corrected chi connectivity index (χ1v) is 6.09. The predicted molar refractivity (Wildman–Crippen MR) is 72.1 cm³/mol. The minimum atomic E-state index is -1.17. The number of carbonyl (C=O) groups excluding carboxylic acids is 3. The van der Waals surface area contributed by atoms with Gasteiger partial charge in [-0.3, -0.25) is 14.4 Å². The minimum absolute atomic E-state index is 0.0529. The van der Waals surface area contributed by atoms with Gasteiger partial charge in [-0.15, -0.1) is 0 Å². The van der Waals surface area contributed by atoms with Gasteiger partial charge in [0.15, 0.2) is 11.6 Å². The molecule has 1 aliphatic rings. The summed E-state index contributed by atoms with van der Waals surface area (Å²) in [5.74, 6) is -1.97. The second kappa shape index (κ2) is 4.49. The van der Waals surface area contributed by atoms with E-state index in [1.165, 1.54) is 36.4 Å². The lowest BCUT2D eigenvalue weighted by Gasteiger charge is -2.17. The summed E-state index contributed by atoms with van der Waals surface area (Å²) in [5, 5.41) is 8.97. The first-order valence-electron chi connectivity index (χ1n) is 6.09. The molecule has 2 aromatic rings. The second-order valence-electron chi connectivity index (χ2n) is 4.65. The summed E-state index contributed by atoms with van der Waals surface area (Å²) >= 11 is 0. The molecule has 0 aromatic heterocycles. The molecular weight excluding hydrogens is 272 g/mol. The van der Waals surface area contributed by atoms with Gasteiger partial charge in [0.1, 0.15) is 6.29 Å². The Hall–Kier alpha value is -3.08. The Morgan fingerprint density at radius 2 is 1.43 bits per heavy atom. The van der Waals surface area contributed by atoms with Crippen molar-refractivity contribution in [2.45, 2.75) is 0 Å². The maximum absolute atomic E-state index is 12.4. The highest BCUT2D eigenvalue weighted by molar-refractivity contribution is 6.29. The summed E-state index contributed by atoms with van der Waals surface area (Å²) in [6.45, 7) is 0. The zero-order chi connectivity index (χ0) is 15.1. The van der Waals surface area contributed by atoms with Crippen LogP contribution < -0.4 is 0 Å². The molecule has 0 amide bonds. The van der Waals surface area contributed by atoms with Gasteiger partial charge in [0.05, 0.1) is 5.56 Å². The van der Waals surface area contributed by atoms with E-state index < -0.39 is 11.8 Å². The van der Waals surface area contributed by atoms with Gasteiger partial charge >= 0.3 is 5.97 Å². The largest absolute Gasteiger partial charge is 0.478 e. The smallest absolute Gasteiger partial charge is 0.335 e. The highest BCUT2D eigenvalue weighted by Crippen LogP contribution is 2.28. The average molecular weight is 280 g/mol. The molecule has 5 heteroatoms. The van der Waals surface area contributed by atoms with E-state index in [1.807, 2.05) is 0 Å². The fourth-order valence-electron chi connectivity index (χ4n) is 2.37. The first-order chi connectivity index (χ1) is 10.0. The van der Waals surface area contributed by atoms with Crippen LogP contribution in [0.15, 0.2) is 36.4 Å². The van der Waals surface area contributed by atoms with E-state index in [2.05, 4.69) is 0 Å². The number of hydrogen-bond acceptors (Lipinski definition) is 4. The lowest BCUT2D eigenvalue weighted by molar-refractivity contribution is 0.0696. The Morgan fingerprint density at radius 3 is 2.00 bits per heavy atom. The first kappa shape index (κ1) is 12.9. The molecular formula is C16H8O5. The van der Waals surface area contributed by atoms with Crippen LogP contribution >= 0.6 is 0 Å². The monoisotopic (exact) mass is 280 g/mol. The Morgan fingerprint density at radius 1 is 0.857 bits per heavy atom. The van der Waals surface area contributed by atoms with Crippen molar-refractivity contribution in [2.24, 2.45) is 0 Å². The normalized spacial score (nSPS) is 12.6. The number of aromatic carboxylic acids is 1. The van der Waals surface area contributed by atoms with E-state index in [0.29, 0.717) is 11.8 Å². The zero-order valence-corrected chi connectivity index (χ0v) is 10.6. The third kappa shape index (κ3) is 1.87. The Kier molecular flexibility index (Phi) is 2.76. The van der Waals surface area contributed by atoms with Gasteiger partial charge in [0.2, 0.25) is 0 Å². The molecule has 1 aliphatic carbocycles. The van der Waals surface area contributed by atoms with Crippen LogP contribution in [0.25, 0.3) is 0 Å². The van der Waals surface area contributed by atoms with Gasteiger partial charge in [-0.2, -0.15) is 0 Å². The van der Waals surface area contributed by atoms with Crippen LogP contribution in [0.3, 0.4) is 0 Å². The number of carbonyl (C=O) groups is 4. The number of hydrogen-bond donors (Lipinski definition) is 1. The van der Waals surface area contributed by atoms with Crippen molar-refractivity contribution in [1.82, 2.24) is 0 Å². The Balaban J connectivity index is 2.24. The van der Waals surface area contributed by atoms with E-state index in [9.17, 15) is 19.2 Å². The van der Waals surface area contributed by atoms with E-state index in [-0.39, 0.29) is 33.6 Å². The van der Waals surface area contributed by atoms with Crippen molar-refractivity contribution < 1.29 is 24.3 Å². The maximum atomic E-state index is 12.4. The highest BCUT2D eigenvalue weighted by Gasteiger charge is 2.30. The molecule has 0 atom stereocenters. The molecule has 0 radical (unpaired) electrons. The van der Waals surface area contributed by atoms with Crippen LogP contribution in [0, 0.1) is 0 Å². The topological polar surface area (TPSA) is 88.5 Å². The van der Waals surface area contributed by atoms with Crippen LogP contribution in [-0.4, -0.2) is 28.9 Å². The SMILES string of the molecule is O=Cc1ccc2c(c1)C(=O)c1ccc(C(=O)O)cc1C2=O. The fraction of sp³-hybridized carbons (Fsp3) is 0. The van der Waals surface area contributed by atoms with Gasteiger partial charge in [0.25, 0.3) is 0 Å². The number of aldehydes is 1. The number of rotatable bonds is 2. The van der Waals surface area contributed by atoms with Crippen molar-refractivity contribution in [3.8, 4) is 0 Å². The van der Waals surface area contributed by atoms with Crippen molar-refractivity contribution in [3.63, 3.8) is 0 Å². The van der Waals surface area contributed by atoms with Crippen LogP contribution in [0.2, 0.25) is 0 Å². The number of fused-ring (bicyclic) bond motifs is 2. The molecule has 3 rings (SSSR count). The molecule has 2 aromatic carbocycles. The lowest BCUT2D eigenvalue weighted by atomic mass is 9.82. The molecule has 0 saturated carbocycles. The summed E-state index contributed by atoms with van der Waals surface area (Å²) in [6, 6.07) is 8.04. The molecule has 0 heterocycles. The molecule has 102 valence electrons. The van der Waals surface area contributed by atoms with Gasteiger partial charge in [-0.1, -0.05) is 6.07 Å². The summed E-state index contributed by atoms with van der Waals surface area (Å²) < 4.78 is 0. The van der Waals surface area contributed by atoms with Gasteiger partial charge < -0.3 is 5.11 Å². The summed E-state index contributed by atoms with van der Waals surface area (Å²) in [5.41, 5.74) is 0.830. The van der Waals surface area contributed by atoms with Gasteiger partial charge in [0, 0.05) is 27.8 Å². The third-order valence-corrected chi connectivity index (χ3v) is 3.42. The summed E-state index contributed by atoms with van der Waals surface area (Å²) in [7, 11) is 0. The van der Waals surface area contributed by atoms with Crippen molar-refractivity contribution in [3.05, 3.63) is 69.8 Å². The van der Waals surface area contributed by atoms with Crippen LogP contribution in [-0.2, 0) is 0 Å². The van der Waals surface area contributed by atoms with E-state index in [1.54, 1.807) is 0 Å². The molecule has 0 aliphatic heterocycles.